The fraction of sp³-hybridized carbons (Fsp3) is 0.500. The van der Waals surface area contributed by atoms with Gasteiger partial charge in [0, 0.05) is 20.0 Å². The number of ether oxygens (including phenoxy) is 1. The lowest BCUT2D eigenvalue weighted by Gasteiger charge is -2.16. The lowest BCUT2D eigenvalue weighted by Crippen LogP contribution is -2.37. The average molecular weight is 260 g/mol. The maximum Gasteiger partial charge on any atom is 0.328 e. The van der Waals surface area contributed by atoms with Gasteiger partial charge in [0.1, 0.15) is 0 Å². The smallest absolute Gasteiger partial charge is 0.328 e. The van der Waals surface area contributed by atoms with Gasteiger partial charge in [-0.05, 0) is 0 Å². The van der Waals surface area contributed by atoms with Crippen LogP contribution in [0.3, 0.4) is 0 Å². The van der Waals surface area contributed by atoms with E-state index in [1.165, 1.54) is 17.9 Å². The first-order chi connectivity index (χ1) is 8.04. The van der Waals surface area contributed by atoms with Gasteiger partial charge < -0.3 is 10.1 Å². The molecule has 1 aromatic heterocycles. The highest BCUT2D eigenvalue weighted by atomic mass is 32.2. The molecule has 2 N–H and O–H groups in total. The second-order valence-electron chi connectivity index (χ2n) is 3.42. The summed E-state index contributed by atoms with van der Waals surface area (Å²) in [5.74, 6) is 0.174. The highest BCUT2D eigenvalue weighted by molar-refractivity contribution is 7.90. The monoisotopic (exact) mass is 260 g/mol. The van der Waals surface area contributed by atoms with Crippen LogP contribution in [0.2, 0.25) is 0 Å². The van der Waals surface area contributed by atoms with E-state index in [4.69, 9.17) is 4.74 Å². The number of urea groups is 1. The first-order valence-corrected chi connectivity index (χ1v) is 6.46. The third kappa shape index (κ3) is 2.18. The molecule has 1 aliphatic rings. The van der Waals surface area contributed by atoms with E-state index in [2.05, 4.69) is 10.4 Å². The molecular formula is C8H12N4O4S. The summed E-state index contributed by atoms with van der Waals surface area (Å²) in [7, 11) is -2.61. The van der Waals surface area contributed by atoms with Gasteiger partial charge in [0.15, 0.2) is 4.90 Å². The van der Waals surface area contributed by atoms with E-state index in [-0.39, 0.29) is 10.8 Å². The zero-order chi connectivity index (χ0) is 12.5. The number of nitrogens with zero attached hydrogens (tertiary/aromatic N) is 2. The molecule has 0 unspecified atom stereocenters. The summed E-state index contributed by atoms with van der Waals surface area (Å²) in [6.07, 6.45) is 1.95. The highest BCUT2D eigenvalue weighted by Gasteiger charge is 2.27. The molecule has 17 heavy (non-hydrogen) atoms. The van der Waals surface area contributed by atoms with E-state index >= 15 is 0 Å². The van der Waals surface area contributed by atoms with Gasteiger partial charge in [0.25, 0.3) is 10.0 Å². The molecule has 0 radical (unpaired) electrons. The van der Waals surface area contributed by atoms with E-state index in [0.717, 1.165) is 6.42 Å². The highest BCUT2D eigenvalue weighted by Crippen LogP contribution is 2.26. The van der Waals surface area contributed by atoms with E-state index in [1.54, 1.807) is 0 Å². The molecule has 0 saturated carbocycles. The van der Waals surface area contributed by atoms with Gasteiger partial charge in [0.2, 0.25) is 5.88 Å². The minimum Gasteiger partial charge on any atom is -0.477 e. The zero-order valence-electron chi connectivity index (χ0n) is 9.13. The predicted molar refractivity (Wildman–Crippen MR) is 57.1 cm³/mol. The normalized spacial score (nSPS) is 14.6. The molecule has 0 aromatic carbocycles. The SMILES string of the molecule is CNC(=O)NS(=O)(=O)c1cnn2c1OCCC2. The lowest BCUT2D eigenvalue weighted by atomic mass is 10.4. The van der Waals surface area contributed by atoms with Gasteiger partial charge in [-0.3, -0.25) is 0 Å². The van der Waals surface area contributed by atoms with Crippen molar-refractivity contribution in [3.05, 3.63) is 6.20 Å². The Balaban J connectivity index is 2.33. The molecule has 1 aromatic rings. The summed E-state index contributed by atoms with van der Waals surface area (Å²) in [6.45, 7) is 1.04. The van der Waals surface area contributed by atoms with Crippen LogP contribution < -0.4 is 14.8 Å². The van der Waals surface area contributed by atoms with Gasteiger partial charge in [-0.25, -0.2) is 22.6 Å². The summed E-state index contributed by atoms with van der Waals surface area (Å²) >= 11 is 0. The van der Waals surface area contributed by atoms with Gasteiger partial charge in [0.05, 0.1) is 12.8 Å². The van der Waals surface area contributed by atoms with Crippen LogP contribution in [0.15, 0.2) is 11.1 Å². The molecular weight excluding hydrogens is 248 g/mol. The molecule has 0 atom stereocenters. The number of amides is 2. The van der Waals surface area contributed by atoms with Crippen molar-refractivity contribution in [3.8, 4) is 5.88 Å². The second kappa shape index (κ2) is 4.24. The van der Waals surface area contributed by atoms with Crippen LogP contribution in [-0.4, -0.2) is 37.9 Å². The number of hydrogen-bond donors (Lipinski definition) is 2. The minimum absolute atomic E-state index is 0.124. The quantitative estimate of drug-likeness (QED) is 0.730. The van der Waals surface area contributed by atoms with E-state index in [9.17, 15) is 13.2 Å². The molecule has 0 fully saturated rings. The Hall–Kier alpha value is -1.77. The van der Waals surface area contributed by atoms with Crippen molar-refractivity contribution in [3.63, 3.8) is 0 Å². The Kier molecular flexibility index (Phi) is 2.92. The van der Waals surface area contributed by atoms with Crippen LogP contribution in [0.5, 0.6) is 5.88 Å². The Morgan fingerprint density at radius 3 is 3.06 bits per heavy atom. The number of aryl methyl sites for hydroxylation is 1. The third-order valence-electron chi connectivity index (χ3n) is 2.26. The summed E-state index contributed by atoms with van der Waals surface area (Å²) < 4.78 is 32.2. The summed E-state index contributed by atoms with van der Waals surface area (Å²) in [4.78, 5) is 10.9. The lowest BCUT2D eigenvalue weighted by molar-refractivity contribution is 0.224. The number of carbonyl (C=O) groups is 1. The molecule has 2 amide bonds. The van der Waals surface area contributed by atoms with Crippen molar-refractivity contribution in [2.75, 3.05) is 13.7 Å². The van der Waals surface area contributed by atoms with Gasteiger partial charge in [-0.2, -0.15) is 5.10 Å². The first-order valence-electron chi connectivity index (χ1n) is 4.98. The first kappa shape index (κ1) is 11.7. The summed E-state index contributed by atoms with van der Waals surface area (Å²) in [6, 6.07) is -0.805. The van der Waals surface area contributed by atoms with Crippen LogP contribution in [0.1, 0.15) is 6.42 Å². The standard InChI is InChI=1S/C8H12N4O4S/c1-9-8(13)11-17(14,15)6-5-10-12-3-2-4-16-7(6)12/h5H,2-4H2,1H3,(H2,9,11,13). The predicted octanol–water partition coefficient (Wildman–Crippen LogP) is -0.717. The van der Waals surface area contributed by atoms with Gasteiger partial charge in [-0.15, -0.1) is 0 Å². The summed E-state index contributed by atoms with van der Waals surface area (Å²) in [5, 5.41) is 6.06. The number of rotatable bonds is 2. The van der Waals surface area contributed by atoms with Crippen LogP contribution in [-0.2, 0) is 16.6 Å². The van der Waals surface area contributed by atoms with Crippen LogP contribution in [0, 0.1) is 0 Å². The molecule has 0 aliphatic carbocycles. The third-order valence-corrected chi connectivity index (χ3v) is 3.57. The summed E-state index contributed by atoms with van der Waals surface area (Å²) in [5.41, 5.74) is 0. The van der Waals surface area contributed by atoms with Crippen molar-refractivity contribution >= 4 is 16.1 Å². The largest absolute Gasteiger partial charge is 0.477 e. The number of hydrogen-bond acceptors (Lipinski definition) is 5. The molecule has 1 aliphatic heterocycles. The Morgan fingerprint density at radius 1 is 1.59 bits per heavy atom. The van der Waals surface area contributed by atoms with Crippen molar-refractivity contribution in [1.29, 1.82) is 0 Å². The molecule has 2 rings (SSSR count). The van der Waals surface area contributed by atoms with Crippen molar-refractivity contribution in [1.82, 2.24) is 19.8 Å². The maximum atomic E-state index is 11.8. The van der Waals surface area contributed by atoms with Crippen molar-refractivity contribution in [2.45, 2.75) is 17.9 Å². The van der Waals surface area contributed by atoms with Crippen LogP contribution in [0.25, 0.3) is 0 Å². The molecule has 0 spiro atoms. The fourth-order valence-corrected chi connectivity index (χ4v) is 2.49. The van der Waals surface area contributed by atoms with Crippen LogP contribution in [0.4, 0.5) is 4.79 Å². The van der Waals surface area contributed by atoms with Crippen molar-refractivity contribution < 1.29 is 17.9 Å². The Labute approximate surface area is 98.0 Å². The number of nitrogens with one attached hydrogen (secondary N) is 2. The van der Waals surface area contributed by atoms with E-state index in [0.29, 0.717) is 13.2 Å². The molecule has 2 heterocycles. The molecule has 0 saturated heterocycles. The molecule has 8 nitrogen and oxygen atoms in total. The van der Waals surface area contributed by atoms with Gasteiger partial charge >= 0.3 is 6.03 Å². The molecule has 0 bridgehead atoms. The zero-order valence-corrected chi connectivity index (χ0v) is 9.95. The topological polar surface area (TPSA) is 102 Å². The average Bonchev–Trinajstić information content (AvgIpc) is 2.72. The van der Waals surface area contributed by atoms with Crippen molar-refractivity contribution in [2.24, 2.45) is 0 Å². The second-order valence-corrected chi connectivity index (χ2v) is 5.07. The van der Waals surface area contributed by atoms with Crippen LogP contribution >= 0.6 is 0 Å². The van der Waals surface area contributed by atoms with E-state index in [1.807, 2.05) is 4.72 Å². The number of carbonyl (C=O) groups excluding carboxylic acids is 1. The Morgan fingerprint density at radius 2 is 2.35 bits per heavy atom. The number of fused-ring (bicyclic) bond motifs is 1. The molecule has 9 heteroatoms. The maximum absolute atomic E-state index is 11.8. The Bertz CT molecular complexity index is 536. The molecule has 94 valence electrons. The number of aromatic nitrogens is 2. The van der Waals surface area contributed by atoms with Gasteiger partial charge in [-0.1, -0.05) is 0 Å². The fourth-order valence-electron chi connectivity index (χ4n) is 1.46. The minimum atomic E-state index is -3.94. The number of sulfonamides is 1. The van der Waals surface area contributed by atoms with E-state index < -0.39 is 16.1 Å².